The van der Waals surface area contributed by atoms with E-state index >= 15 is 0 Å². The number of hydrogen-bond donors (Lipinski definition) is 0. The second kappa shape index (κ2) is 16.0. The molecule has 0 aliphatic rings. The first-order chi connectivity index (χ1) is 14.1. The summed E-state index contributed by atoms with van der Waals surface area (Å²) in [6.45, 7) is 7.46. The van der Waals surface area contributed by atoms with E-state index in [1.807, 2.05) is 0 Å². The van der Waals surface area contributed by atoms with Gasteiger partial charge in [0.05, 0.1) is 24.3 Å². The first-order valence-electron chi connectivity index (χ1n) is 11.5. The van der Waals surface area contributed by atoms with Crippen molar-refractivity contribution in [3.8, 4) is 0 Å². The summed E-state index contributed by atoms with van der Waals surface area (Å²) < 4.78 is 10.7. The van der Waals surface area contributed by atoms with E-state index in [2.05, 4.69) is 20.8 Å². The normalized spacial score (nSPS) is 10.9. The molecule has 0 saturated carbocycles. The van der Waals surface area contributed by atoms with E-state index in [-0.39, 0.29) is 0 Å². The van der Waals surface area contributed by atoms with Crippen molar-refractivity contribution in [2.45, 2.75) is 91.4 Å². The molecule has 4 heteroatoms. The Hall–Kier alpha value is -1.84. The first kappa shape index (κ1) is 25.2. The van der Waals surface area contributed by atoms with Crippen LogP contribution in [0, 0.1) is 5.92 Å². The average Bonchev–Trinajstić information content (AvgIpc) is 2.72. The highest BCUT2D eigenvalue weighted by Gasteiger charge is 2.18. The molecule has 0 amide bonds. The number of ether oxygens (including phenoxy) is 2. The summed E-state index contributed by atoms with van der Waals surface area (Å²) in [5.41, 5.74) is 0.583. The van der Waals surface area contributed by atoms with E-state index in [4.69, 9.17) is 9.47 Å². The van der Waals surface area contributed by atoms with Gasteiger partial charge in [-0.25, -0.2) is 9.59 Å². The topological polar surface area (TPSA) is 52.6 Å². The molecule has 0 N–H and O–H groups in total. The zero-order valence-corrected chi connectivity index (χ0v) is 18.7. The van der Waals surface area contributed by atoms with Crippen LogP contribution >= 0.6 is 0 Å². The number of benzene rings is 1. The van der Waals surface area contributed by atoms with Gasteiger partial charge in [0.2, 0.25) is 0 Å². The molecule has 0 aromatic heterocycles. The predicted molar refractivity (Wildman–Crippen MR) is 118 cm³/mol. The number of hydrogen-bond acceptors (Lipinski definition) is 4. The third-order valence-corrected chi connectivity index (χ3v) is 5.01. The largest absolute Gasteiger partial charge is 0.462 e. The predicted octanol–water partition coefficient (Wildman–Crippen LogP) is 6.97. The molecule has 1 aromatic rings. The van der Waals surface area contributed by atoms with Gasteiger partial charge in [-0.05, 0) is 30.9 Å². The highest BCUT2D eigenvalue weighted by molar-refractivity contribution is 6.03. The minimum Gasteiger partial charge on any atom is -0.462 e. The Morgan fingerprint density at radius 2 is 1.17 bits per heavy atom. The van der Waals surface area contributed by atoms with Crippen LogP contribution in [-0.2, 0) is 9.47 Å². The molecule has 1 aromatic carbocycles. The molecule has 0 saturated heterocycles. The SMILES string of the molecule is CCCCCCCOC(=O)c1ccccc1C(=O)OCCCCCCCC(C)C. The van der Waals surface area contributed by atoms with Crippen molar-refractivity contribution in [2.75, 3.05) is 13.2 Å². The second-order valence-electron chi connectivity index (χ2n) is 8.18. The van der Waals surface area contributed by atoms with Crippen molar-refractivity contribution < 1.29 is 19.1 Å². The van der Waals surface area contributed by atoms with Gasteiger partial charge in [-0.3, -0.25) is 0 Å². The van der Waals surface area contributed by atoms with Crippen molar-refractivity contribution in [2.24, 2.45) is 5.92 Å². The van der Waals surface area contributed by atoms with Crippen LogP contribution < -0.4 is 0 Å². The molecule has 0 aliphatic heterocycles. The van der Waals surface area contributed by atoms with Crippen LogP contribution in [0.4, 0.5) is 0 Å². The summed E-state index contributed by atoms with van der Waals surface area (Å²) in [5.74, 6) is -0.123. The molecule has 0 aliphatic carbocycles. The van der Waals surface area contributed by atoms with Crippen molar-refractivity contribution >= 4 is 11.9 Å². The van der Waals surface area contributed by atoms with Crippen molar-refractivity contribution in [1.82, 2.24) is 0 Å². The van der Waals surface area contributed by atoms with Crippen molar-refractivity contribution in [3.05, 3.63) is 35.4 Å². The van der Waals surface area contributed by atoms with E-state index < -0.39 is 11.9 Å². The lowest BCUT2D eigenvalue weighted by atomic mass is 10.0. The van der Waals surface area contributed by atoms with E-state index in [0.29, 0.717) is 24.3 Å². The fourth-order valence-electron chi connectivity index (χ4n) is 3.21. The Morgan fingerprint density at radius 3 is 1.66 bits per heavy atom. The molecule has 4 nitrogen and oxygen atoms in total. The molecule has 1 rings (SSSR count). The van der Waals surface area contributed by atoms with Crippen LogP contribution in [0.5, 0.6) is 0 Å². The minimum atomic E-state index is -0.446. The summed E-state index contributed by atoms with van der Waals surface area (Å²) >= 11 is 0. The average molecular weight is 405 g/mol. The Bertz CT molecular complexity index is 580. The number of rotatable bonds is 16. The summed E-state index contributed by atoms with van der Waals surface area (Å²) in [5, 5.41) is 0. The maximum Gasteiger partial charge on any atom is 0.339 e. The number of unbranched alkanes of at least 4 members (excludes halogenated alkanes) is 8. The molecule has 0 atom stereocenters. The highest BCUT2D eigenvalue weighted by Crippen LogP contribution is 2.14. The quantitative estimate of drug-likeness (QED) is 0.220. The van der Waals surface area contributed by atoms with E-state index in [9.17, 15) is 9.59 Å². The van der Waals surface area contributed by atoms with E-state index in [1.54, 1.807) is 24.3 Å². The van der Waals surface area contributed by atoms with Gasteiger partial charge in [-0.2, -0.15) is 0 Å². The highest BCUT2D eigenvalue weighted by atomic mass is 16.5. The maximum atomic E-state index is 12.4. The maximum absolute atomic E-state index is 12.4. The van der Waals surface area contributed by atoms with Crippen LogP contribution in [-0.4, -0.2) is 25.2 Å². The third-order valence-electron chi connectivity index (χ3n) is 5.01. The second-order valence-corrected chi connectivity index (χ2v) is 8.18. The molecule has 0 fully saturated rings. The van der Waals surface area contributed by atoms with Gasteiger partial charge in [0.25, 0.3) is 0 Å². The Balaban J connectivity index is 2.32. The van der Waals surface area contributed by atoms with Crippen LogP contribution in [0.15, 0.2) is 24.3 Å². The minimum absolute atomic E-state index is 0.291. The van der Waals surface area contributed by atoms with Gasteiger partial charge in [0.1, 0.15) is 0 Å². The Morgan fingerprint density at radius 1 is 0.724 bits per heavy atom. The number of carbonyl (C=O) groups excluding carboxylic acids is 2. The molecular formula is C25H40O4. The molecule has 0 radical (unpaired) electrons. The summed E-state index contributed by atoms with van der Waals surface area (Å²) in [4.78, 5) is 24.8. The van der Waals surface area contributed by atoms with E-state index in [1.165, 1.54) is 38.5 Å². The molecule has 0 bridgehead atoms. The fraction of sp³-hybridized carbons (Fsp3) is 0.680. The molecule has 164 valence electrons. The monoisotopic (exact) mass is 404 g/mol. The number of carbonyl (C=O) groups is 2. The molecule has 0 heterocycles. The van der Waals surface area contributed by atoms with Gasteiger partial charge in [0, 0.05) is 0 Å². The lowest BCUT2D eigenvalue weighted by Crippen LogP contribution is -2.15. The first-order valence-corrected chi connectivity index (χ1v) is 11.5. The molecular weight excluding hydrogens is 364 g/mol. The Kier molecular flexibility index (Phi) is 13.9. The van der Waals surface area contributed by atoms with Gasteiger partial charge in [-0.1, -0.05) is 90.7 Å². The molecule has 0 spiro atoms. The van der Waals surface area contributed by atoms with Gasteiger partial charge in [-0.15, -0.1) is 0 Å². The zero-order chi connectivity index (χ0) is 21.3. The molecule has 29 heavy (non-hydrogen) atoms. The van der Waals surface area contributed by atoms with Crippen LogP contribution in [0.3, 0.4) is 0 Å². The summed E-state index contributed by atoms with van der Waals surface area (Å²) in [6, 6.07) is 6.75. The standard InChI is InChI=1S/C25H40O4/c1-4-5-6-9-14-19-28-24(26)22-17-12-13-18-23(22)25(27)29-20-15-10-7-8-11-16-21(2)3/h12-13,17-18,21H,4-11,14-16,19-20H2,1-3H3. The molecule has 0 unspecified atom stereocenters. The smallest absolute Gasteiger partial charge is 0.339 e. The lowest BCUT2D eigenvalue weighted by molar-refractivity contribution is 0.0450. The van der Waals surface area contributed by atoms with Crippen LogP contribution in [0.2, 0.25) is 0 Å². The van der Waals surface area contributed by atoms with Crippen LogP contribution in [0.25, 0.3) is 0 Å². The van der Waals surface area contributed by atoms with Crippen LogP contribution in [0.1, 0.15) is 112 Å². The zero-order valence-electron chi connectivity index (χ0n) is 18.7. The third kappa shape index (κ3) is 11.7. The summed E-state index contributed by atoms with van der Waals surface area (Å²) in [7, 11) is 0. The van der Waals surface area contributed by atoms with Gasteiger partial charge in [0.15, 0.2) is 0 Å². The van der Waals surface area contributed by atoms with Gasteiger partial charge < -0.3 is 9.47 Å². The fourth-order valence-corrected chi connectivity index (χ4v) is 3.21. The summed E-state index contributed by atoms with van der Waals surface area (Å²) in [6.07, 6.45) is 12.3. The van der Waals surface area contributed by atoms with Crippen molar-refractivity contribution in [1.29, 1.82) is 0 Å². The van der Waals surface area contributed by atoms with E-state index in [0.717, 1.165) is 38.0 Å². The lowest BCUT2D eigenvalue weighted by Gasteiger charge is -2.10. The Labute approximate surface area is 177 Å². The number of esters is 2. The van der Waals surface area contributed by atoms with Crippen molar-refractivity contribution in [3.63, 3.8) is 0 Å². The van der Waals surface area contributed by atoms with Gasteiger partial charge >= 0.3 is 11.9 Å².